The number of carbonyl (C=O) groups excluding carboxylic acids is 1. The molecule has 0 unspecified atom stereocenters. The molecule has 2 aromatic rings. The van der Waals surface area contributed by atoms with Crippen molar-refractivity contribution in [3.63, 3.8) is 0 Å². The predicted molar refractivity (Wildman–Crippen MR) is 92.1 cm³/mol. The topological polar surface area (TPSA) is 93.9 Å². The van der Waals surface area contributed by atoms with E-state index in [0.717, 1.165) is 5.56 Å². The molecule has 3 rings (SSSR count). The molecule has 7 heteroatoms. The molecule has 6 nitrogen and oxygen atoms in total. The van der Waals surface area contributed by atoms with Crippen molar-refractivity contribution < 1.29 is 24.5 Å². The average molecular weight is 360 g/mol. The lowest BCUT2D eigenvalue weighted by molar-refractivity contribution is -0.0670. The fourth-order valence-electron chi connectivity index (χ4n) is 3.43. The van der Waals surface area contributed by atoms with Gasteiger partial charge < -0.3 is 20.2 Å². The molecule has 1 aliphatic heterocycles. The van der Waals surface area contributed by atoms with Crippen molar-refractivity contribution in [2.45, 2.75) is 18.9 Å². The highest BCUT2D eigenvalue weighted by Gasteiger charge is 2.44. The zero-order chi connectivity index (χ0) is 18.7. The van der Waals surface area contributed by atoms with Crippen LogP contribution in [0.2, 0.25) is 0 Å². The third kappa shape index (κ3) is 3.54. The minimum Gasteiger partial charge on any atom is -0.505 e. The minimum atomic E-state index is -0.962. The number of hydrogen-bond donors (Lipinski definition) is 3. The van der Waals surface area contributed by atoms with Crippen LogP contribution in [0.1, 0.15) is 22.5 Å². The van der Waals surface area contributed by atoms with Crippen LogP contribution in [0, 0.1) is 11.2 Å². The monoisotopic (exact) mass is 360 g/mol. The molecule has 0 aliphatic carbocycles. The van der Waals surface area contributed by atoms with E-state index in [-0.39, 0.29) is 30.4 Å². The first-order valence-electron chi connectivity index (χ1n) is 8.42. The number of aliphatic hydroxyl groups excluding tert-OH is 2. The smallest absolute Gasteiger partial charge is 0.276 e. The van der Waals surface area contributed by atoms with Crippen LogP contribution in [0.5, 0.6) is 5.75 Å². The Balaban J connectivity index is 1.84. The average Bonchev–Trinajstić information content (AvgIpc) is 2.65. The van der Waals surface area contributed by atoms with Crippen LogP contribution in [0.3, 0.4) is 0 Å². The van der Waals surface area contributed by atoms with E-state index in [1.165, 1.54) is 35.4 Å². The third-order valence-corrected chi connectivity index (χ3v) is 4.95. The lowest BCUT2D eigenvalue weighted by Gasteiger charge is -2.45. The number of rotatable bonds is 4. The summed E-state index contributed by atoms with van der Waals surface area (Å²) in [4.78, 5) is 18.1. The van der Waals surface area contributed by atoms with Crippen molar-refractivity contribution in [3.8, 4) is 5.75 Å². The highest BCUT2D eigenvalue weighted by atomic mass is 19.1. The van der Waals surface area contributed by atoms with Gasteiger partial charge in [-0.05, 0) is 42.7 Å². The number of benzene rings is 1. The molecular weight excluding hydrogens is 339 g/mol. The number of amides is 1. The third-order valence-electron chi connectivity index (χ3n) is 4.95. The quantitative estimate of drug-likeness (QED) is 0.765. The second-order valence-corrected chi connectivity index (χ2v) is 6.73. The molecule has 138 valence electrons. The van der Waals surface area contributed by atoms with Crippen LogP contribution in [0.25, 0.3) is 0 Å². The molecule has 2 atom stereocenters. The molecule has 0 bridgehead atoms. The normalized spacial score (nSPS) is 23.0. The molecule has 0 saturated carbocycles. The van der Waals surface area contributed by atoms with Gasteiger partial charge in [-0.1, -0.05) is 12.1 Å². The Morgan fingerprint density at radius 1 is 1.31 bits per heavy atom. The number of aliphatic hydroxyl groups is 2. The summed E-state index contributed by atoms with van der Waals surface area (Å²) in [7, 11) is 0. The molecule has 1 aromatic carbocycles. The number of halogens is 1. The van der Waals surface area contributed by atoms with Gasteiger partial charge in [-0.2, -0.15) is 0 Å². The van der Waals surface area contributed by atoms with E-state index in [0.29, 0.717) is 19.4 Å². The van der Waals surface area contributed by atoms with Gasteiger partial charge in [0.05, 0.1) is 12.7 Å². The number of piperidine rings is 1. The van der Waals surface area contributed by atoms with Gasteiger partial charge in [-0.15, -0.1) is 0 Å². The highest BCUT2D eigenvalue weighted by molar-refractivity contribution is 5.94. The minimum absolute atomic E-state index is 0.0579. The lowest BCUT2D eigenvalue weighted by Crippen LogP contribution is -2.56. The Morgan fingerprint density at radius 3 is 2.69 bits per heavy atom. The fourth-order valence-corrected chi connectivity index (χ4v) is 3.43. The summed E-state index contributed by atoms with van der Waals surface area (Å²) in [6.07, 6.45) is 1.20. The molecule has 26 heavy (non-hydrogen) atoms. The van der Waals surface area contributed by atoms with Crippen molar-refractivity contribution in [3.05, 3.63) is 59.7 Å². The van der Waals surface area contributed by atoms with Crippen LogP contribution >= 0.6 is 0 Å². The van der Waals surface area contributed by atoms with Gasteiger partial charge in [0.25, 0.3) is 5.91 Å². The van der Waals surface area contributed by atoms with Gasteiger partial charge in [0.15, 0.2) is 5.69 Å². The van der Waals surface area contributed by atoms with E-state index in [2.05, 4.69) is 4.98 Å². The maximum Gasteiger partial charge on any atom is 0.276 e. The molecule has 0 spiro atoms. The first-order valence-corrected chi connectivity index (χ1v) is 8.42. The number of aromatic nitrogens is 1. The van der Waals surface area contributed by atoms with Crippen LogP contribution in [-0.2, 0) is 6.42 Å². The largest absolute Gasteiger partial charge is 0.505 e. The Kier molecular flexibility index (Phi) is 5.20. The first kappa shape index (κ1) is 18.3. The Morgan fingerprint density at radius 2 is 2.04 bits per heavy atom. The van der Waals surface area contributed by atoms with Gasteiger partial charge in [0, 0.05) is 24.7 Å². The molecule has 1 aliphatic rings. The molecule has 1 aromatic heterocycles. The van der Waals surface area contributed by atoms with E-state index in [1.807, 2.05) is 0 Å². The maximum absolute atomic E-state index is 13.1. The van der Waals surface area contributed by atoms with E-state index < -0.39 is 17.4 Å². The van der Waals surface area contributed by atoms with E-state index in [4.69, 9.17) is 0 Å². The molecular formula is C19H21FN2O4. The number of pyridine rings is 1. The molecule has 1 fully saturated rings. The number of carbonyl (C=O) groups is 1. The SMILES string of the molecule is O=C(c1ncccc1O)N1CC[C@H](O)[C@@](CO)(Cc2ccc(F)cc2)C1. The molecule has 1 amide bonds. The predicted octanol–water partition coefficient (Wildman–Crippen LogP) is 1.35. The molecule has 0 radical (unpaired) electrons. The van der Waals surface area contributed by atoms with Gasteiger partial charge in [0.1, 0.15) is 11.6 Å². The molecule has 3 N–H and O–H groups in total. The van der Waals surface area contributed by atoms with Crippen LogP contribution in [-0.4, -0.2) is 56.9 Å². The Hall–Kier alpha value is -2.51. The number of likely N-dealkylation sites (tertiary alicyclic amines) is 1. The van der Waals surface area contributed by atoms with E-state index in [9.17, 15) is 24.5 Å². The number of hydrogen-bond acceptors (Lipinski definition) is 5. The summed E-state index contributed by atoms with van der Waals surface area (Å²) in [5.41, 5.74) is -0.261. The number of nitrogens with zero attached hydrogens (tertiary/aromatic N) is 2. The Labute approximate surface area is 150 Å². The van der Waals surface area contributed by atoms with Crippen LogP contribution < -0.4 is 0 Å². The summed E-state index contributed by atoms with van der Waals surface area (Å²) in [5.74, 6) is -1.03. The van der Waals surface area contributed by atoms with Crippen molar-refractivity contribution in [2.75, 3.05) is 19.7 Å². The first-order chi connectivity index (χ1) is 12.4. The van der Waals surface area contributed by atoms with Crippen molar-refractivity contribution in [1.29, 1.82) is 0 Å². The summed E-state index contributed by atoms with van der Waals surface area (Å²) >= 11 is 0. The van der Waals surface area contributed by atoms with Crippen molar-refractivity contribution >= 4 is 5.91 Å². The summed E-state index contributed by atoms with van der Waals surface area (Å²) in [5, 5.41) is 30.4. The molecule has 1 saturated heterocycles. The van der Waals surface area contributed by atoms with E-state index >= 15 is 0 Å². The summed E-state index contributed by atoms with van der Waals surface area (Å²) in [6.45, 7) is 0.0710. The van der Waals surface area contributed by atoms with Gasteiger partial charge in [-0.3, -0.25) is 4.79 Å². The van der Waals surface area contributed by atoms with E-state index in [1.54, 1.807) is 12.1 Å². The zero-order valence-electron chi connectivity index (χ0n) is 14.2. The van der Waals surface area contributed by atoms with Crippen LogP contribution in [0.15, 0.2) is 42.6 Å². The van der Waals surface area contributed by atoms with Gasteiger partial charge >= 0.3 is 0 Å². The molecule has 2 heterocycles. The standard InChI is InChI=1S/C19H21FN2O4/c20-14-5-3-13(4-6-14)10-19(12-23)11-22(9-7-16(19)25)18(26)17-15(24)2-1-8-21-17/h1-6,8,16,23-25H,7,9-12H2/t16-,19-/m0/s1. The summed E-state index contributed by atoms with van der Waals surface area (Å²) < 4.78 is 13.1. The second-order valence-electron chi connectivity index (χ2n) is 6.73. The number of aromatic hydroxyl groups is 1. The fraction of sp³-hybridized carbons (Fsp3) is 0.368. The zero-order valence-corrected chi connectivity index (χ0v) is 14.2. The second kappa shape index (κ2) is 7.39. The highest BCUT2D eigenvalue weighted by Crippen LogP contribution is 2.35. The van der Waals surface area contributed by atoms with Crippen molar-refractivity contribution in [1.82, 2.24) is 9.88 Å². The van der Waals surface area contributed by atoms with Crippen molar-refractivity contribution in [2.24, 2.45) is 5.41 Å². The summed E-state index contributed by atoms with van der Waals surface area (Å²) in [6, 6.07) is 8.76. The van der Waals surface area contributed by atoms with Crippen LogP contribution in [0.4, 0.5) is 4.39 Å². The van der Waals surface area contributed by atoms with Gasteiger partial charge in [0.2, 0.25) is 0 Å². The lowest BCUT2D eigenvalue weighted by atomic mass is 9.73. The maximum atomic E-state index is 13.1. The van der Waals surface area contributed by atoms with Gasteiger partial charge in [-0.25, -0.2) is 9.37 Å². The Bertz CT molecular complexity index is 783.